The number of benzene rings is 2. The highest BCUT2D eigenvalue weighted by atomic mass is 16.5. The number of rotatable bonds is 7. The minimum atomic E-state index is -0.285. The SMILES string of the molecule is COc1ccccc1NC(=O)NC[C@]1(C)C[C@H](NC(=O)Nc2ccccc2OC)CC(C)(C)C1. The van der Waals surface area contributed by atoms with Crippen LogP contribution in [0.1, 0.15) is 40.0 Å². The van der Waals surface area contributed by atoms with Gasteiger partial charge in [-0.3, -0.25) is 0 Å². The molecule has 2 aromatic carbocycles. The Morgan fingerprint density at radius 1 is 0.853 bits per heavy atom. The number of amides is 4. The first-order valence-electron chi connectivity index (χ1n) is 11.5. The molecule has 1 fully saturated rings. The lowest BCUT2D eigenvalue weighted by atomic mass is 9.62. The van der Waals surface area contributed by atoms with Crippen LogP contribution in [0, 0.1) is 10.8 Å². The van der Waals surface area contributed by atoms with E-state index in [9.17, 15) is 9.59 Å². The fraction of sp³-hybridized carbons (Fsp3) is 0.462. The number of hydrogen-bond acceptors (Lipinski definition) is 4. The zero-order valence-corrected chi connectivity index (χ0v) is 20.7. The number of anilines is 2. The van der Waals surface area contributed by atoms with E-state index in [-0.39, 0.29) is 28.9 Å². The van der Waals surface area contributed by atoms with Crippen molar-refractivity contribution in [2.45, 2.75) is 46.1 Å². The number of carbonyl (C=O) groups excluding carboxylic acids is 2. The lowest BCUT2D eigenvalue weighted by molar-refractivity contribution is 0.0761. The highest BCUT2D eigenvalue weighted by molar-refractivity contribution is 5.91. The van der Waals surface area contributed by atoms with E-state index in [1.165, 1.54) is 0 Å². The summed E-state index contributed by atoms with van der Waals surface area (Å²) in [6.07, 6.45) is 2.54. The summed E-state index contributed by atoms with van der Waals surface area (Å²) in [5, 5.41) is 11.9. The van der Waals surface area contributed by atoms with Crippen molar-refractivity contribution in [2.75, 3.05) is 31.4 Å². The maximum Gasteiger partial charge on any atom is 0.319 e. The van der Waals surface area contributed by atoms with Crippen molar-refractivity contribution in [3.63, 3.8) is 0 Å². The summed E-state index contributed by atoms with van der Waals surface area (Å²) in [7, 11) is 3.14. The van der Waals surface area contributed by atoms with Crippen LogP contribution in [-0.2, 0) is 0 Å². The highest BCUT2D eigenvalue weighted by Crippen LogP contribution is 2.45. The minimum absolute atomic E-state index is 0.0101. The van der Waals surface area contributed by atoms with Crippen LogP contribution >= 0.6 is 0 Å². The normalized spacial score (nSPS) is 21.1. The predicted molar refractivity (Wildman–Crippen MR) is 135 cm³/mol. The van der Waals surface area contributed by atoms with Crippen LogP contribution in [-0.4, -0.2) is 38.9 Å². The molecule has 0 radical (unpaired) electrons. The minimum Gasteiger partial charge on any atom is -0.495 e. The van der Waals surface area contributed by atoms with Gasteiger partial charge in [-0.25, -0.2) is 9.59 Å². The van der Waals surface area contributed by atoms with Crippen molar-refractivity contribution in [2.24, 2.45) is 10.8 Å². The monoisotopic (exact) mass is 468 g/mol. The van der Waals surface area contributed by atoms with Crippen LogP contribution in [0.15, 0.2) is 48.5 Å². The second kappa shape index (κ2) is 10.7. The largest absolute Gasteiger partial charge is 0.495 e. The van der Waals surface area contributed by atoms with E-state index in [0.717, 1.165) is 19.3 Å². The fourth-order valence-corrected chi connectivity index (χ4v) is 5.17. The van der Waals surface area contributed by atoms with Crippen molar-refractivity contribution in [3.05, 3.63) is 48.5 Å². The molecular weight excluding hydrogens is 432 g/mol. The molecule has 0 aliphatic heterocycles. The lowest BCUT2D eigenvalue weighted by Crippen LogP contribution is -2.51. The van der Waals surface area contributed by atoms with Gasteiger partial charge in [0.25, 0.3) is 0 Å². The molecular formula is C26H36N4O4. The molecule has 0 bridgehead atoms. The molecule has 8 heteroatoms. The van der Waals surface area contributed by atoms with E-state index in [1.54, 1.807) is 38.5 Å². The van der Waals surface area contributed by atoms with Crippen LogP contribution in [0.5, 0.6) is 11.5 Å². The number of urea groups is 2. The molecule has 0 heterocycles. The summed E-state index contributed by atoms with van der Waals surface area (Å²) in [5.41, 5.74) is 1.07. The van der Waals surface area contributed by atoms with Gasteiger partial charge in [-0.05, 0) is 54.4 Å². The zero-order valence-electron chi connectivity index (χ0n) is 20.7. The Balaban J connectivity index is 1.59. The second-order valence-corrected chi connectivity index (χ2v) is 10.1. The molecule has 0 aromatic heterocycles. The van der Waals surface area contributed by atoms with Crippen LogP contribution in [0.25, 0.3) is 0 Å². The number of carbonyl (C=O) groups is 2. The Kier molecular flexibility index (Phi) is 7.91. The van der Waals surface area contributed by atoms with Crippen molar-refractivity contribution >= 4 is 23.4 Å². The quantitative estimate of drug-likeness (QED) is 0.447. The third-order valence-electron chi connectivity index (χ3n) is 6.16. The molecule has 2 atom stereocenters. The Hall–Kier alpha value is -3.42. The van der Waals surface area contributed by atoms with Gasteiger partial charge in [0.1, 0.15) is 11.5 Å². The van der Waals surface area contributed by atoms with E-state index >= 15 is 0 Å². The third kappa shape index (κ3) is 6.79. The smallest absolute Gasteiger partial charge is 0.319 e. The zero-order chi connectivity index (χ0) is 24.8. The number of para-hydroxylation sites is 4. The molecule has 2 aromatic rings. The number of nitrogens with one attached hydrogen (secondary N) is 4. The summed E-state index contributed by atoms with van der Waals surface area (Å²) in [5.74, 6) is 1.21. The maximum atomic E-state index is 12.7. The number of hydrogen-bond donors (Lipinski definition) is 4. The van der Waals surface area contributed by atoms with Gasteiger partial charge in [0, 0.05) is 12.6 Å². The van der Waals surface area contributed by atoms with Gasteiger partial charge in [-0.2, -0.15) is 0 Å². The Bertz CT molecular complexity index is 1010. The van der Waals surface area contributed by atoms with Crippen LogP contribution < -0.4 is 30.7 Å². The molecule has 1 saturated carbocycles. The van der Waals surface area contributed by atoms with Crippen molar-refractivity contribution < 1.29 is 19.1 Å². The first-order chi connectivity index (χ1) is 16.1. The van der Waals surface area contributed by atoms with Gasteiger partial charge in [0.05, 0.1) is 25.6 Å². The molecule has 3 rings (SSSR count). The molecule has 34 heavy (non-hydrogen) atoms. The summed E-state index contributed by atoms with van der Waals surface area (Å²) in [6.45, 7) is 7.05. The molecule has 0 spiro atoms. The molecule has 4 N–H and O–H groups in total. The van der Waals surface area contributed by atoms with Gasteiger partial charge in [0.2, 0.25) is 0 Å². The topological polar surface area (TPSA) is 101 Å². The third-order valence-corrected chi connectivity index (χ3v) is 6.16. The summed E-state index contributed by atoms with van der Waals surface area (Å²) >= 11 is 0. The molecule has 8 nitrogen and oxygen atoms in total. The van der Waals surface area contributed by atoms with Crippen LogP contribution in [0.3, 0.4) is 0 Å². The maximum absolute atomic E-state index is 12.7. The number of methoxy groups -OCH3 is 2. The average molecular weight is 469 g/mol. The van der Waals surface area contributed by atoms with E-state index < -0.39 is 0 Å². The Labute approximate surface area is 201 Å². The van der Waals surface area contributed by atoms with E-state index in [1.807, 2.05) is 24.3 Å². The molecule has 0 unspecified atom stereocenters. The molecule has 1 aliphatic carbocycles. The van der Waals surface area contributed by atoms with Gasteiger partial charge in [-0.15, -0.1) is 0 Å². The van der Waals surface area contributed by atoms with Gasteiger partial charge >= 0.3 is 12.1 Å². The summed E-state index contributed by atoms with van der Waals surface area (Å²) in [6, 6.07) is 14.0. The van der Waals surface area contributed by atoms with E-state index in [2.05, 4.69) is 42.0 Å². The number of ether oxygens (including phenoxy) is 2. The van der Waals surface area contributed by atoms with Gasteiger partial charge < -0.3 is 30.7 Å². The first-order valence-corrected chi connectivity index (χ1v) is 11.5. The molecule has 1 aliphatic rings. The molecule has 4 amide bonds. The summed E-state index contributed by atoms with van der Waals surface area (Å²) < 4.78 is 10.6. The Morgan fingerprint density at radius 3 is 1.94 bits per heavy atom. The fourth-order valence-electron chi connectivity index (χ4n) is 5.17. The summed E-state index contributed by atoms with van der Waals surface area (Å²) in [4.78, 5) is 25.3. The highest BCUT2D eigenvalue weighted by Gasteiger charge is 2.42. The predicted octanol–water partition coefficient (Wildman–Crippen LogP) is 5.23. The van der Waals surface area contributed by atoms with E-state index in [4.69, 9.17) is 9.47 Å². The Morgan fingerprint density at radius 2 is 1.38 bits per heavy atom. The van der Waals surface area contributed by atoms with Crippen LogP contribution in [0.2, 0.25) is 0 Å². The molecule has 184 valence electrons. The van der Waals surface area contributed by atoms with Crippen molar-refractivity contribution in [3.8, 4) is 11.5 Å². The van der Waals surface area contributed by atoms with Crippen LogP contribution in [0.4, 0.5) is 21.0 Å². The van der Waals surface area contributed by atoms with Gasteiger partial charge in [-0.1, -0.05) is 45.0 Å². The average Bonchev–Trinajstić information content (AvgIpc) is 2.77. The van der Waals surface area contributed by atoms with Gasteiger partial charge in [0.15, 0.2) is 0 Å². The molecule has 0 saturated heterocycles. The second-order valence-electron chi connectivity index (χ2n) is 10.1. The lowest BCUT2D eigenvalue weighted by Gasteiger charge is -2.46. The standard InChI is InChI=1S/C26H36N4O4/c1-25(2)14-18(28-24(32)30-20-11-7-9-13-22(20)34-5)15-26(3,16-25)17-27-23(31)29-19-10-6-8-12-21(19)33-4/h6-13,18H,14-17H2,1-5H3,(H2,27,29,31)(H2,28,30,32)/t18-,26-/m1/s1. The first kappa shape index (κ1) is 25.2. The van der Waals surface area contributed by atoms with Crippen molar-refractivity contribution in [1.82, 2.24) is 10.6 Å². The van der Waals surface area contributed by atoms with E-state index in [0.29, 0.717) is 29.4 Å². The van der Waals surface area contributed by atoms with Crippen molar-refractivity contribution in [1.29, 1.82) is 0 Å².